The van der Waals surface area contributed by atoms with Gasteiger partial charge in [0.25, 0.3) is 0 Å². The number of alkyl halides is 3. The van der Waals surface area contributed by atoms with Crippen LogP contribution in [0.5, 0.6) is 0 Å². The van der Waals surface area contributed by atoms with Crippen LogP contribution in [-0.4, -0.2) is 37.0 Å². The van der Waals surface area contributed by atoms with Gasteiger partial charge in [-0.05, 0) is 25.3 Å². The zero-order valence-corrected chi connectivity index (χ0v) is 14.6. The predicted octanol–water partition coefficient (Wildman–Crippen LogP) is 2.61. The van der Waals surface area contributed by atoms with Crippen LogP contribution in [0.2, 0.25) is 0 Å². The number of hydrogen-bond acceptors (Lipinski definition) is 3. The van der Waals surface area contributed by atoms with Crippen molar-refractivity contribution < 1.29 is 18.0 Å². The van der Waals surface area contributed by atoms with Crippen LogP contribution in [-0.2, 0) is 26.8 Å². The lowest BCUT2D eigenvalue weighted by Gasteiger charge is -2.35. The Morgan fingerprint density at radius 3 is 2.77 bits per heavy atom. The average Bonchev–Trinajstić information content (AvgIpc) is 3.18. The van der Waals surface area contributed by atoms with E-state index in [1.54, 1.807) is 15.8 Å². The minimum atomic E-state index is -4.55. The maximum absolute atomic E-state index is 13.0. The Morgan fingerprint density at radius 2 is 2.12 bits per heavy atom. The van der Waals surface area contributed by atoms with Crippen molar-refractivity contribution in [2.45, 2.75) is 38.0 Å². The number of nitrogens with one attached hydrogen (secondary N) is 1. The van der Waals surface area contributed by atoms with Gasteiger partial charge >= 0.3 is 12.2 Å². The highest BCUT2D eigenvalue weighted by Gasteiger charge is 2.37. The lowest BCUT2D eigenvalue weighted by Crippen LogP contribution is -2.45. The number of hydrogen-bond donors (Lipinski definition) is 1. The third-order valence-corrected chi connectivity index (χ3v) is 4.57. The van der Waals surface area contributed by atoms with E-state index < -0.39 is 11.9 Å². The van der Waals surface area contributed by atoms with E-state index in [1.165, 1.54) is 13.2 Å². The molecule has 1 fully saturated rings. The van der Waals surface area contributed by atoms with E-state index in [1.807, 2.05) is 13.1 Å². The molecule has 1 aliphatic heterocycles. The van der Waals surface area contributed by atoms with Crippen LogP contribution in [0, 0.1) is 0 Å². The molecule has 2 amide bonds. The van der Waals surface area contributed by atoms with Gasteiger partial charge in [-0.1, -0.05) is 0 Å². The molecular weight excluding hydrogens is 349 g/mol. The molecular formula is C16H21F3N6O. The maximum atomic E-state index is 13.0. The minimum absolute atomic E-state index is 0.0533. The van der Waals surface area contributed by atoms with Crippen molar-refractivity contribution in [1.29, 1.82) is 0 Å². The van der Waals surface area contributed by atoms with Gasteiger partial charge < -0.3 is 10.2 Å². The SMILES string of the molecule is Cn1cc(CNC(=O)N2CCCCC2c2ccnn2C)c(C(F)(F)F)n1. The Kier molecular flexibility index (Phi) is 4.92. The number of piperidine rings is 1. The second kappa shape index (κ2) is 7.00. The smallest absolute Gasteiger partial charge is 0.334 e. The standard InChI is InChI=1S/C16H21F3N6O/c1-23-10-11(14(22-23)16(17,18)19)9-20-15(26)25-8-4-3-5-13(25)12-6-7-21-24(12)2/h6-7,10,13H,3-5,8-9H2,1-2H3,(H,20,26). The normalized spacial score (nSPS) is 18.2. The molecule has 3 rings (SSSR count). The molecule has 0 spiro atoms. The molecule has 2 aromatic heterocycles. The van der Waals surface area contributed by atoms with Crippen molar-refractivity contribution >= 4 is 6.03 Å². The van der Waals surface area contributed by atoms with Gasteiger partial charge in [-0.15, -0.1) is 0 Å². The fourth-order valence-corrected chi connectivity index (χ4v) is 3.37. The van der Waals surface area contributed by atoms with Crippen LogP contribution in [0.3, 0.4) is 0 Å². The quantitative estimate of drug-likeness (QED) is 0.903. The van der Waals surface area contributed by atoms with Gasteiger partial charge in [-0.2, -0.15) is 23.4 Å². The molecule has 26 heavy (non-hydrogen) atoms. The number of aryl methyl sites for hydroxylation is 2. The summed E-state index contributed by atoms with van der Waals surface area (Å²) < 4.78 is 41.9. The molecule has 1 unspecified atom stereocenters. The number of urea groups is 1. The molecule has 10 heteroatoms. The molecule has 0 radical (unpaired) electrons. The van der Waals surface area contributed by atoms with E-state index in [9.17, 15) is 18.0 Å². The van der Waals surface area contributed by atoms with Crippen molar-refractivity contribution in [3.05, 3.63) is 35.4 Å². The number of rotatable bonds is 3. The molecule has 2 aromatic rings. The predicted molar refractivity (Wildman–Crippen MR) is 87.0 cm³/mol. The van der Waals surface area contributed by atoms with Crippen molar-refractivity contribution in [1.82, 2.24) is 29.8 Å². The van der Waals surface area contributed by atoms with Gasteiger partial charge in [0.1, 0.15) is 0 Å². The lowest BCUT2D eigenvalue weighted by molar-refractivity contribution is -0.142. The first-order valence-corrected chi connectivity index (χ1v) is 8.39. The van der Waals surface area contributed by atoms with Gasteiger partial charge in [-0.3, -0.25) is 9.36 Å². The summed E-state index contributed by atoms with van der Waals surface area (Å²) in [6.45, 7) is 0.330. The summed E-state index contributed by atoms with van der Waals surface area (Å²) in [5.41, 5.74) is -0.109. The van der Waals surface area contributed by atoms with E-state index in [2.05, 4.69) is 15.5 Å². The maximum Gasteiger partial charge on any atom is 0.435 e. The number of carbonyl (C=O) groups is 1. The van der Waals surface area contributed by atoms with Gasteiger partial charge in [0, 0.05) is 45.1 Å². The average molecular weight is 370 g/mol. The monoisotopic (exact) mass is 370 g/mol. The van der Waals surface area contributed by atoms with E-state index in [4.69, 9.17) is 0 Å². The number of halogens is 3. The molecule has 1 atom stereocenters. The van der Waals surface area contributed by atoms with Crippen LogP contribution in [0.25, 0.3) is 0 Å². The Bertz CT molecular complexity index is 781. The highest BCUT2D eigenvalue weighted by atomic mass is 19.4. The summed E-state index contributed by atoms with van der Waals surface area (Å²) in [5, 5.41) is 10.2. The zero-order chi connectivity index (χ0) is 18.9. The van der Waals surface area contributed by atoms with Crippen LogP contribution in [0.15, 0.2) is 18.5 Å². The summed E-state index contributed by atoms with van der Waals surface area (Å²) in [7, 11) is 3.23. The largest absolute Gasteiger partial charge is 0.435 e. The number of nitrogens with zero attached hydrogens (tertiary/aromatic N) is 5. The molecule has 1 aliphatic rings. The van der Waals surface area contributed by atoms with E-state index in [0.29, 0.717) is 6.54 Å². The Labute approximate surface area is 148 Å². The van der Waals surface area contributed by atoms with Gasteiger partial charge in [-0.25, -0.2) is 4.79 Å². The molecule has 3 heterocycles. The second-order valence-electron chi connectivity index (χ2n) is 6.42. The molecule has 0 aliphatic carbocycles. The van der Waals surface area contributed by atoms with Crippen LogP contribution < -0.4 is 5.32 Å². The van der Waals surface area contributed by atoms with Crippen molar-refractivity contribution in [2.75, 3.05) is 6.54 Å². The first kappa shape index (κ1) is 18.3. The van der Waals surface area contributed by atoms with E-state index >= 15 is 0 Å². The fraction of sp³-hybridized carbons (Fsp3) is 0.562. The molecule has 0 aromatic carbocycles. The molecule has 1 N–H and O–H groups in total. The van der Waals surface area contributed by atoms with Gasteiger partial charge in [0.15, 0.2) is 5.69 Å². The minimum Gasteiger partial charge on any atom is -0.334 e. The van der Waals surface area contributed by atoms with Crippen LogP contribution >= 0.6 is 0 Å². The Morgan fingerprint density at radius 1 is 1.35 bits per heavy atom. The van der Waals surface area contributed by atoms with Crippen molar-refractivity contribution in [3.8, 4) is 0 Å². The van der Waals surface area contributed by atoms with E-state index in [0.717, 1.165) is 29.6 Å². The fourth-order valence-electron chi connectivity index (χ4n) is 3.37. The number of amides is 2. The van der Waals surface area contributed by atoms with Crippen LogP contribution in [0.1, 0.15) is 42.3 Å². The summed E-state index contributed by atoms with van der Waals surface area (Å²) >= 11 is 0. The van der Waals surface area contributed by atoms with Crippen molar-refractivity contribution in [2.24, 2.45) is 14.1 Å². The summed E-state index contributed by atoms with van der Waals surface area (Å²) in [6, 6.07) is 1.35. The molecule has 142 valence electrons. The topological polar surface area (TPSA) is 68.0 Å². The Hall–Kier alpha value is -2.52. The molecule has 7 nitrogen and oxygen atoms in total. The summed E-state index contributed by atoms with van der Waals surface area (Å²) in [6.07, 6.45) is 1.05. The first-order chi connectivity index (χ1) is 12.3. The zero-order valence-electron chi connectivity index (χ0n) is 14.6. The number of likely N-dealkylation sites (tertiary alicyclic amines) is 1. The molecule has 0 saturated carbocycles. The third-order valence-electron chi connectivity index (χ3n) is 4.57. The summed E-state index contributed by atoms with van der Waals surface area (Å²) in [4.78, 5) is 14.3. The number of aromatic nitrogens is 4. The second-order valence-corrected chi connectivity index (χ2v) is 6.42. The van der Waals surface area contributed by atoms with Gasteiger partial charge in [0.05, 0.1) is 11.7 Å². The number of carbonyl (C=O) groups excluding carboxylic acids is 1. The molecule has 1 saturated heterocycles. The summed E-state index contributed by atoms with van der Waals surface area (Å²) in [5.74, 6) is 0. The highest BCUT2D eigenvalue weighted by Crippen LogP contribution is 2.32. The van der Waals surface area contributed by atoms with E-state index in [-0.39, 0.29) is 24.2 Å². The molecule has 0 bridgehead atoms. The van der Waals surface area contributed by atoms with Gasteiger partial charge in [0.2, 0.25) is 0 Å². The Balaban J connectivity index is 1.72. The van der Waals surface area contributed by atoms with Crippen molar-refractivity contribution in [3.63, 3.8) is 0 Å². The van der Waals surface area contributed by atoms with Crippen LogP contribution in [0.4, 0.5) is 18.0 Å². The third kappa shape index (κ3) is 3.68. The first-order valence-electron chi connectivity index (χ1n) is 8.39. The highest BCUT2D eigenvalue weighted by molar-refractivity contribution is 5.74. The lowest BCUT2D eigenvalue weighted by atomic mass is 9.99.